The zero-order valence-corrected chi connectivity index (χ0v) is 11.5. The number of rotatable bonds is 3. The van der Waals surface area contributed by atoms with Crippen molar-refractivity contribution in [1.82, 2.24) is 15.1 Å². The van der Waals surface area contributed by atoms with Crippen molar-refractivity contribution >= 4 is 10.9 Å². The molecule has 1 aliphatic rings. The first-order chi connectivity index (χ1) is 10.4. The summed E-state index contributed by atoms with van der Waals surface area (Å²) in [5.41, 5.74) is 1.88. The Hall–Kier alpha value is -2.27. The molecule has 1 atom stereocenters. The Morgan fingerprint density at radius 2 is 2.24 bits per heavy atom. The van der Waals surface area contributed by atoms with Crippen molar-refractivity contribution in [2.75, 3.05) is 6.61 Å². The van der Waals surface area contributed by atoms with E-state index in [1.807, 2.05) is 30.3 Å². The van der Waals surface area contributed by atoms with E-state index in [2.05, 4.69) is 15.1 Å². The van der Waals surface area contributed by atoms with Gasteiger partial charge in [0.05, 0.1) is 11.6 Å². The highest BCUT2D eigenvalue weighted by Crippen LogP contribution is 2.23. The molecule has 0 spiro atoms. The van der Waals surface area contributed by atoms with E-state index in [4.69, 9.17) is 9.26 Å². The smallest absolute Gasteiger partial charge is 0.257 e. The standard InChI is InChI=1S/C16H15N3O2/c1-3-11-9-12(5-6-14(11)17-7-1)16-18-15(19-21-16)10-13-4-2-8-20-13/h1,3,5-7,9,13H,2,4,8,10H2. The Kier molecular flexibility index (Phi) is 3.12. The third kappa shape index (κ3) is 2.52. The molecule has 4 rings (SSSR count). The maximum absolute atomic E-state index is 5.60. The molecule has 0 saturated carbocycles. The SMILES string of the molecule is c1cnc2ccc(-c3nc(CC4CCCO4)no3)cc2c1. The first kappa shape index (κ1) is 12.5. The Labute approximate surface area is 122 Å². The van der Waals surface area contributed by atoms with Crippen LogP contribution in [0.15, 0.2) is 41.1 Å². The number of aromatic nitrogens is 3. The number of hydrogen-bond acceptors (Lipinski definition) is 5. The quantitative estimate of drug-likeness (QED) is 0.738. The molecule has 2 aromatic heterocycles. The van der Waals surface area contributed by atoms with Crippen molar-refractivity contribution in [2.24, 2.45) is 0 Å². The molecule has 3 heterocycles. The first-order valence-electron chi connectivity index (χ1n) is 7.18. The van der Waals surface area contributed by atoms with Gasteiger partial charge in [-0.3, -0.25) is 4.98 Å². The molecule has 1 saturated heterocycles. The van der Waals surface area contributed by atoms with Crippen LogP contribution in [-0.4, -0.2) is 27.8 Å². The van der Waals surface area contributed by atoms with Crippen LogP contribution in [0.25, 0.3) is 22.4 Å². The van der Waals surface area contributed by atoms with Gasteiger partial charge in [-0.15, -0.1) is 0 Å². The summed E-state index contributed by atoms with van der Waals surface area (Å²) in [5.74, 6) is 1.26. The van der Waals surface area contributed by atoms with Crippen LogP contribution >= 0.6 is 0 Å². The fourth-order valence-electron chi connectivity index (χ4n) is 2.67. The van der Waals surface area contributed by atoms with Gasteiger partial charge in [0.25, 0.3) is 5.89 Å². The minimum Gasteiger partial charge on any atom is -0.378 e. The van der Waals surface area contributed by atoms with E-state index in [1.54, 1.807) is 6.20 Å². The number of hydrogen-bond donors (Lipinski definition) is 0. The average molecular weight is 281 g/mol. The van der Waals surface area contributed by atoms with Crippen LogP contribution in [-0.2, 0) is 11.2 Å². The van der Waals surface area contributed by atoms with Gasteiger partial charge in [-0.25, -0.2) is 0 Å². The Morgan fingerprint density at radius 1 is 1.24 bits per heavy atom. The highest BCUT2D eigenvalue weighted by molar-refractivity contribution is 5.82. The maximum Gasteiger partial charge on any atom is 0.257 e. The number of benzene rings is 1. The van der Waals surface area contributed by atoms with E-state index < -0.39 is 0 Å². The van der Waals surface area contributed by atoms with E-state index in [0.717, 1.165) is 42.3 Å². The minimum absolute atomic E-state index is 0.233. The van der Waals surface area contributed by atoms with Gasteiger partial charge < -0.3 is 9.26 Å². The second-order valence-corrected chi connectivity index (χ2v) is 5.27. The van der Waals surface area contributed by atoms with Gasteiger partial charge in [-0.1, -0.05) is 11.2 Å². The average Bonchev–Trinajstić information content (AvgIpc) is 3.19. The zero-order chi connectivity index (χ0) is 14.1. The van der Waals surface area contributed by atoms with Crippen molar-refractivity contribution in [3.63, 3.8) is 0 Å². The molecule has 0 N–H and O–H groups in total. The summed E-state index contributed by atoms with van der Waals surface area (Å²) in [6, 6.07) is 9.89. The molecule has 0 bridgehead atoms. The molecule has 106 valence electrons. The molecule has 1 aliphatic heterocycles. The van der Waals surface area contributed by atoms with Gasteiger partial charge in [0.2, 0.25) is 0 Å². The second-order valence-electron chi connectivity index (χ2n) is 5.27. The molecule has 1 unspecified atom stereocenters. The van der Waals surface area contributed by atoms with E-state index in [0.29, 0.717) is 11.7 Å². The lowest BCUT2D eigenvalue weighted by Crippen LogP contribution is -2.09. The number of ether oxygens (including phenoxy) is 1. The summed E-state index contributed by atoms with van der Waals surface area (Å²) in [6.07, 6.45) is 4.93. The van der Waals surface area contributed by atoms with Gasteiger partial charge in [0, 0.05) is 30.2 Å². The zero-order valence-electron chi connectivity index (χ0n) is 11.5. The topological polar surface area (TPSA) is 61.0 Å². The van der Waals surface area contributed by atoms with E-state index in [-0.39, 0.29) is 6.10 Å². The highest BCUT2D eigenvalue weighted by atomic mass is 16.5. The lowest BCUT2D eigenvalue weighted by Gasteiger charge is -2.03. The predicted molar refractivity (Wildman–Crippen MR) is 77.7 cm³/mol. The van der Waals surface area contributed by atoms with Crippen LogP contribution in [0.2, 0.25) is 0 Å². The summed E-state index contributed by atoms with van der Waals surface area (Å²) >= 11 is 0. The Balaban J connectivity index is 1.61. The predicted octanol–water partition coefficient (Wildman–Crippen LogP) is 3.01. The maximum atomic E-state index is 5.60. The Bertz CT molecular complexity index is 763. The van der Waals surface area contributed by atoms with E-state index >= 15 is 0 Å². The molecule has 1 fully saturated rings. The van der Waals surface area contributed by atoms with Gasteiger partial charge >= 0.3 is 0 Å². The second kappa shape index (κ2) is 5.26. The Morgan fingerprint density at radius 3 is 3.14 bits per heavy atom. The number of pyridine rings is 1. The normalized spacial score (nSPS) is 18.4. The number of nitrogens with zero attached hydrogens (tertiary/aromatic N) is 3. The molecule has 5 nitrogen and oxygen atoms in total. The van der Waals surface area contributed by atoms with Gasteiger partial charge in [-0.05, 0) is 37.1 Å². The van der Waals surface area contributed by atoms with Crippen molar-refractivity contribution < 1.29 is 9.26 Å². The van der Waals surface area contributed by atoms with E-state index in [1.165, 1.54) is 0 Å². The van der Waals surface area contributed by atoms with Crippen LogP contribution in [0.1, 0.15) is 18.7 Å². The molecule has 3 aromatic rings. The molecule has 21 heavy (non-hydrogen) atoms. The lowest BCUT2D eigenvalue weighted by atomic mass is 10.1. The van der Waals surface area contributed by atoms with Crippen molar-refractivity contribution in [2.45, 2.75) is 25.4 Å². The van der Waals surface area contributed by atoms with Crippen molar-refractivity contribution in [3.05, 3.63) is 42.4 Å². The minimum atomic E-state index is 0.233. The van der Waals surface area contributed by atoms with Crippen LogP contribution < -0.4 is 0 Å². The lowest BCUT2D eigenvalue weighted by molar-refractivity contribution is 0.109. The summed E-state index contributed by atoms with van der Waals surface area (Å²) < 4.78 is 11.0. The van der Waals surface area contributed by atoms with Gasteiger partial charge in [0.1, 0.15) is 0 Å². The summed E-state index contributed by atoms with van der Waals surface area (Å²) in [5, 5.41) is 5.12. The molecular weight excluding hydrogens is 266 g/mol. The summed E-state index contributed by atoms with van der Waals surface area (Å²) in [7, 11) is 0. The van der Waals surface area contributed by atoms with Crippen LogP contribution in [0.4, 0.5) is 0 Å². The van der Waals surface area contributed by atoms with Crippen LogP contribution in [0.5, 0.6) is 0 Å². The molecular formula is C16H15N3O2. The molecule has 1 aromatic carbocycles. The third-order valence-electron chi connectivity index (χ3n) is 3.75. The highest BCUT2D eigenvalue weighted by Gasteiger charge is 2.19. The van der Waals surface area contributed by atoms with Crippen molar-refractivity contribution in [1.29, 1.82) is 0 Å². The largest absolute Gasteiger partial charge is 0.378 e. The van der Waals surface area contributed by atoms with Crippen LogP contribution in [0.3, 0.4) is 0 Å². The molecule has 5 heteroatoms. The fraction of sp³-hybridized carbons (Fsp3) is 0.312. The monoisotopic (exact) mass is 281 g/mol. The van der Waals surface area contributed by atoms with Crippen molar-refractivity contribution in [3.8, 4) is 11.5 Å². The number of fused-ring (bicyclic) bond motifs is 1. The molecule has 0 aliphatic carbocycles. The van der Waals surface area contributed by atoms with Gasteiger partial charge in [0.15, 0.2) is 5.82 Å². The van der Waals surface area contributed by atoms with Crippen LogP contribution in [0, 0.1) is 0 Å². The molecule has 0 radical (unpaired) electrons. The van der Waals surface area contributed by atoms with E-state index in [9.17, 15) is 0 Å². The first-order valence-corrected chi connectivity index (χ1v) is 7.18. The van der Waals surface area contributed by atoms with Gasteiger partial charge in [-0.2, -0.15) is 4.98 Å². The fourth-order valence-corrected chi connectivity index (χ4v) is 2.67. The summed E-state index contributed by atoms with van der Waals surface area (Å²) in [4.78, 5) is 8.78. The molecule has 0 amide bonds. The third-order valence-corrected chi connectivity index (χ3v) is 3.75. The summed E-state index contributed by atoms with van der Waals surface area (Å²) in [6.45, 7) is 0.840.